The molecule has 0 saturated carbocycles. The van der Waals surface area contributed by atoms with E-state index in [2.05, 4.69) is 37.6 Å². The van der Waals surface area contributed by atoms with Gasteiger partial charge in [0.1, 0.15) is 12.4 Å². The van der Waals surface area contributed by atoms with Gasteiger partial charge in [0.2, 0.25) is 0 Å². The van der Waals surface area contributed by atoms with E-state index in [1.807, 2.05) is 48.5 Å². The first kappa shape index (κ1) is 21.8. The van der Waals surface area contributed by atoms with Crippen LogP contribution in [0.4, 0.5) is 5.69 Å². The van der Waals surface area contributed by atoms with Crippen LogP contribution in [0.5, 0.6) is 0 Å². The minimum atomic E-state index is 0.521. The molecular weight excluding hydrogens is 406 g/mol. The van der Waals surface area contributed by atoms with Crippen LogP contribution in [0.2, 0.25) is 5.02 Å². The molecule has 9 heteroatoms. The van der Waals surface area contributed by atoms with Crippen molar-refractivity contribution in [3.8, 4) is 0 Å². The zero-order valence-corrected chi connectivity index (χ0v) is 19.0. The number of anilines is 1. The van der Waals surface area contributed by atoms with E-state index >= 15 is 0 Å². The van der Waals surface area contributed by atoms with Gasteiger partial charge < -0.3 is 19.7 Å². The average molecular weight is 436 g/mol. The number of aryl methyl sites for hydroxylation is 1. The Hall–Kier alpha value is -1.93. The van der Waals surface area contributed by atoms with Crippen molar-refractivity contribution in [1.29, 1.82) is 0 Å². The summed E-state index contributed by atoms with van der Waals surface area (Å²) in [5.74, 6) is 3.87. The number of rotatable bonds is 7. The molecule has 1 aromatic heterocycles. The number of hydrogen-bond donors (Lipinski definition) is 1. The Morgan fingerprint density at radius 3 is 2.62 bits per heavy atom. The van der Waals surface area contributed by atoms with Gasteiger partial charge in [-0.2, -0.15) is 11.8 Å². The van der Waals surface area contributed by atoms with Crippen LogP contribution < -0.4 is 10.2 Å². The van der Waals surface area contributed by atoms with Gasteiger partial charge in [-0.1, -0.05) is 23.7 Å². The zero-order valence-electron chi connectivity index (χ0n) is 17.4. The third kappa shape index (κ3) is 5.79. The Morgan fingerprint density at radius 2 is 1.97 bits per heavy atom. The highest BCUT2D eigenvalue weighted by atomic mass is 35.5. The van der Waals surface area contributed by atoms with Crippen LogP contribution in [0, 0.1) is 6.92 Å². The summed E-state index contributed by atoms with van der Waals surface area (Å²) >= 11 is 8.25. The highest BCUT2D eigenvalue weighted by Crippen LogP contribution is 2.26. The molecule has 2 aromatic rings. The first-order valence-corrected chi connectivity index (χ1v) is 11.7. The lowest BCUT2D eigenvalue weighted by Gasteiger charge is -2.38. The molecule has 1 saturated heterocycles. The van der Waals surface area contributed by atoms with E-state index in [0.717, 1.165) is 73.2 Å². The molecule has 1 fully saturated rings. The minimum Gasteiger partial charge on any atom is -0.367 e. The molecule has 0 spiro atoms. The van der Waals surface area contributed by atoms with Crippen LogP contribution >= 0.6 is 23.4 Å². The van der Waals surface area contributed by atoms with Gasteiger partial charge in [0.15, 0.2) is 11.8 Å². The maximum atomic E-state index is 6.38. The second-order valence-corrected chi connectivity index (χ2v) is 8.45. The van der Waals surface area contributed by atoms with Crippen molar-refractivity contribution < 1.29 is 0 Å². The zero-order chi connectivity index (χ0) is 20.6. The minimum absolute atomic E-state index is 0.521. The number of aliphatic imine (C=N–C) groups is 1. The molecule has 0 radical (unpaired) electrons. The predicted molar refractivity (Wildman–Crippen MR) is 123 cm³/mol. The van der Waals surface area contributed by atoms with Gasteiger partial charge in [0.05, 0.1) is 10.7 Å². The fourth-order valence-corrected chi connectivity index (χ4v) is 3.97. The summed E-state index contributed by atoms with van der Waals surface area (Å²) in [6.07, 6.45) is 3.25. The number of para-hydroxylation sites is 1. The molecule has 2 heterocycles. The number of aromatic nitrogens is 3. The summed E-state index contributed by atoms with van der Waals surface area (Å²) < 4.78 is 1.99. The first-order chi connectivity index (χ1) is 14.1. The summed E-state index contributed by atoms with van der Waals surface area (Å²) in [6.45, 7) is 7.02. The molecule has 0 amide bonds. The fourth-order valence-electron chi connectivity index (χ4n) is 3.29. The molecule has 0 atom stereocenters. The van der Waals surface area contributed by atoms with Crippen molar-refractivity contribution in [2.45, 2.75) is 19.9 Å². The van der Waals surface area contributed by atoms with E-state index in [0.29, 0.717) is 6.54 Å². The largest absolute Gasteiger partial charge is 0.367 e. The SMILES string of the molecule is CSCCCNC(=NCc1nnc(C)n1C)N1CCN(c2ccccc2Cl)CC1. The van der Waals surface area contributed by atoms with Gasteiger partial charge in [-0.25, -0.2) is 4.99 Å². The molecule has 7 nitrogen and oxygen atoms in total. The van der Waals surface area contributed by atoms with Crippen molar-refractivity contribution in [3.63, 3.8) is 0 Å². The van der Waals surface area contributed by atoms with Crippen molar-refractivity contribution in [2.75, 3.05) is 49.6 Å². The number of guanidine groups is 1. The van der Waals surface area contributed by atoms with Crippen LogP contribution in [0.3, 0.4) is 0 Å². The monoisotopic (exact) mass is 435 g/mol. The van der Waals surface area contributed by atoms with Crippen LogP contribution in [0.1, 0.15) is 18.1 Å². The Morgan fingerprint density at radius 1 is 1.21 bits per heavy atom. The van der Waals surface area contributed by atoms with Crippen LogP contribution in [-0.4, -0.2) is 70.4 Å². The summed E-state index contributed by atoms with van der Waals surface area (Å²) in [5.41, 5.74) is 1.11. The standard InChI is InChI=1S/C20H30ClN7S/c1-16-24-25-19(26(16)2)15-23-20(22-9-6-14-29-3)28-12-10-27(11-13-28)18-8-5-4-7-17(18)21/h4-5,7-8H,6,9-15H2,1-3H3,(H,22,23). The predicted octanol–water partition coefficient (Wildman–Crippen LogP) is 2.80. The molecule has 3 rings (SSSR count). The van der Waals surface area contributed by atoms with Crippen LogP contribution in [0.15, 0.2) is 29.3 Å². The van der Waals surface area contributed by atoms with E-state index in [1.54, 1.807) is 0 Å². The highest BCUT2D eigenvalue weighted by molar-refractivity contribution is 7.98. The maximum Gasteiger partial charge on any atom is 0.194 e. The molecule has 158 valence electrons. The van der Waals surface area contributed by atoms with Gasteiger partial charge in [0.25, 0.3) is 0 Å². The molecule has 1 aliphatic rings. The van der Waals surface area contributed by atoms with Gasteiger partial charge in [-0.05, 0) is 37.5 Å². The summed E-state index contributed by atoms with van der Waals surface area (Å²) in [5, 5.41) is 12.7. The lowest BCUT2D eigenvalue weighted by atomic mass is 10.2. The first-order valence-electron chi connectivity index (χ1n) is 9.96. The molecule has 0 aliphatic carbocycles. The van der Waals surface area contributed by atoms with Crippen molar-refractivity contribution in [3.05, 3.63) is 40.9 Å². The number of thioether (sulfide) groups is 1. The maximum absolute atomic E-state index is 6.38. The van der Waals surface area contributed by atoms with E-state index in [1.165, 1.54) is 0 Å². The van der Waals surface area contributed by atoms with Crippen LogP contribution in [-0.2, 0) is 13.6 Å². The number of nitrogens with zero attached hydrogens (tertiary/aromatic N) is 6. The van der Waals surface area contributed by atoms with E-state index in [9.17, 15) is 0 Å². The topological polar surface area (TPSA) is 61.6 Å². The normalized spacial score (nSPS) is 15.1. The van der Waals surface area contributed by atoms with Gasteiger partial charge in [-0.15, -0.1) is 10.2 Å². The highest BCUT2D eigenvalue weighted by Gasteiger charge is 2.21. The van der Waals surface area contributed by atoms with Gasteiger partial charge in [-0.3, -0.25) is 0 Å². The Balaban J connectivity index is 1.65. The second kappa shape index (κ2) is 10.7. The quantitative estimate of drug-likeness (QED) is 0.410. The average Bonchev–Trinajstić information content (AvgIpc) is 3.06. The summed E-state index contributed by atoms with van der Waals surface area (Å²) in [6, 6.07) is 8.05. The third-order valence-electron chi connectivity index (χ3n) is 5.13. The number of benzene rings is 1. The number of nitrogens with one attached hydrogen (secondary N) is 1. The number of hydrogen-bond acceptors (Lipinski definition) is 5. The fraction of sp³-hybridized carbons (Fsp3) is 0.550. The molecule has 1 aliphatic heterocycles. The summed E-state index contributed by atoms with van der Waals surface area (Å²) in [7, 11) is 1.98. The van der Waals surface area contributed by atoms with E-state index in [-0.39, 0.29) is 0 Å². The lowest BCUT2D eigenvalue weighted by molar-refractivity contribution is 0.371. The third-order valence-corrected chi connectivity index (χ3v) is 6.15. The Bertz CT molecular complexity index is 815. The van der Waals surface area contributed by atoms with E-state index in [4.69, 9.17) is 16.6 Å². The van der Waals surface area contributed by atoms with Crippen molar-refractivity contribution >= 4 is 35.0 Å². The number of piperazine rings is 1. The molecular formula is C20H30ClN7S. The smallest absolute Gasteiger partial charge is 0.194 e. The Labute approximate surface area is 182 Å². The Kier molecular flexibility index (Phi) is 8.06. The molecule has 1 N–H and O–H groups in total. The van der Waals surface area contributed by atoms with E-state index < -0.39 is 0 Å². The molecule has 1 aromatic carbocycles. The molecule has 29 heavy (non-hydrogen) atoms. The molecule has 0 unspecified atom stereocenters. The lowest BCUT2D eigenvalue weighted by Crippen LogP contribution is -2.52. The summed E-state index contributed by atoms with van der Waals surface area (Å²) in [4.78, 5) is 9.53. The van der Waals surface area contributed by atoms with Gasteiger partial charge in [0, 0.05) is 39.8 Å². The second-order valence-electron chi connectivity index (χ2n) is 7.06. The van der Waals surface area contributed by atoms with Crippen LogP contribution in [0.25, 0.3) is 0 Å². The van der Waals surface area contributed by atoms with Gasteiger partial charge >= 0.3 is 0 Å². The van der Waals surface area contributed by atoms with Crippen molar-refractivity contribution in [1.82, 2.24) is 25.0 Å². The van der Waals surface area contributed by atoms with Crippen molar-refractivity contribution in [2.24, 2.45) is 12.0 Å². The number of halogens is 1. The molecule has 0 bridgehead atoms.